The van der Waals surface area contributed by atoms with Gasteiger partial charge in [-0.1, -0.05) is 45.0 Å². The number of hydrogen-bond donors (Lipinski definition) is 0. The smallest absolute Gasteiger partial charge is 0.337 e. The number of carbonyl (C=O) groups excluding carboxylic acids is 2. The van der Waals surface area contributed by atoms with E-state index in [1.54, 1.807) is 13.8 Å². The molecule has 108 valence electrons. The average Bonchev–Trinajstić information content (AvgIpc) is 2.53. The number of nitrogens with zero attached hydrogens (tertiary/aromatic N) is 1. The fraction of sp³-hybridized carbons (Fsp3) is 0.500. The van der Waals surface area contributed by atoms with Gasteiger partial charge in [-0.2, -0.15) is 5.06 Å². The molecule has 0 saturated carbocycles. The summed E-state index contributed by atoms with van der Waals surface area (Å²) in [5.41, 5.74) is 1.19. The van der Waals surface area contributed by atoms with Gasteiger partial charge in [0.25, 0.3) is 5.91 Å². The van der Waals surface area contributed by atoms with Crippen molar-refractivity contribution in [1.82, 2.24) is 5.06 Å². The highest BCUT2D eigenvalue weighted by atomic mass is 16.7. The van der Waals surface area contributed by atoms with Crippen LogP contribution in [-0.2, 0) is 26.4 Å². The van der Waals surface area contributed by atoms with Crippen molar-refractivity contribution in [2.75, 3.05) is 0 Å². The van der Waals surface area contributed by atoms with E-state index in [1.165, 1.54) is 5.56 Å². The Morgan fingerprint density at radius 3 is 2.05 bits per heavy atom. The van der Waals surface area contributed by atoms with E-state index in [2.05, 4.69) is 20.8 Å². The first-order valence-corrected chi connectivity index (χ1v) is 6.76. The second-order valence-corrected chi connectivity index (χ2v) is 6.79. The summed E-state index contributed by atoms with van der Waals surface area (Å²) in [6, 6.07) is 8.02. The molecule has 0 spiro atoms. The van der Waals surface area contributed by atoms with Crippen LogP contribution in [0.3, 0.4) is 0 Å². The van der Waals surface area contributed by atoms with Crippen LogP contribution in [0.5, 0.6) is 0 Å². The molecule has 1 fully saturated rings. The molecule has 1 aromatic carbocycles. The first-order chi connectivity index (χ1) is 9.12. The third kappa shape index (κ3) is 2.55. The van der Waals surface area contributed by atoms with Crippen molar-refractivity contribution < 1.29 is 14.4 Å². The molecule has 0 radical (unpaired) electrons. The van der Waals surface area contributed by atoms with Crippen molar-refractivity contribution >= 4 is 11.9 Å². The molecule has 0 atom stereocenters. The van der Waals surface area contributed by atoms with E-state index >= 15 is 0 Å². The van der Waals surface area contributed by atoms with Crippen LogP contribution in [0.25, 0.3) is 0 Å². The zero-order chi connectivity index (χ0) is 15.1. The summed E-state index contributed by atoms with van der Waals surface area (Å²) >= 11 is 0. The Morgan fingerprint density at radius 1 is 1.10 bits per heavy atom. The van der Waals surface area contributed by atoms with Crippen LogP contribution in [0.2, 0.25) is 0 Å². The summed E-state index contributed by atoms with van der Waals surface area (Å²) < 4.78 is 0. The second-order valence-electron chi connectivity index (χ2n) is 6.79. The molecule has 1 aliphatic rings. The minimum absolute atomic E-state index is 0.0937. The summed E-state index contributed by atoms with van der Waals surface area (Å²) in [6.07, 6.45) is 0. The number of carbonyl (C=O) groups is 2. The van der Waals surface area contributed by atoms with Gasteiger partial charge in [-0.05, 0) is 30.4 Å². The van der Waals surface area contributed by atoms with Crippen molar-refractivity contribution in [1.29, 1.82) is 0 Å². The van der Waals surface area contributed by atoms with Crippen LogP contribution < -0.4 is 0 Å². The predicted molar refractivity (Wildman–Crippen MR) is 75.6 cm³/mol. The Bertz CT molecular complexity index is 538. The lowest BCUT2D eigenvalue weighted by Crippen LogP contribution is -2.31. The summed E-state index contributed by atoms with van der Waals surface area (Å²) in [5, 5.41) is 1.15. The Labute approximate surface area is 119 Å². The number of hydrogen-bond acceptors (Lipinski definition) is 3. The molecule has 1 heterocycles. The average molecular weight is 275 g/mol. The highest BCUT2D eigenvalue weighted by Gasteiger charge is 2.49. The Kier molecular flexibility index (Phi) is 3.36. The van der Waals surface area contributed by atoms with E-state index in [4.69, 9.17) is 4.84 Å². The van der Waals surface area contributed by atoms with Gasteiger partial charge < -0.3 is 4.84 Å². The van der Waals surface area contributed by atoms with Crippen molar-refractivity contribution in [2.45, 2.75) is 46.6 Å². The van der Waals surface area contributed by atoms with Crippen LogP contribution in [-0.4, -0.2) is 16.9 Å². The Balaban J connectivity index is 2.12. The largest absolute Gasteiger partial charge is 0.347 e. The Hall–Kier alpha value is -1.84. The first kappa shape index (κ1) is 14.6. The molecular weight excluding hydrogens is 254 g/mol. The molecule has 20 heavy (non-hydrogen) atoms. The molecule has 1 saturated heterocycles. The highest BCUT2D eigenvalue weighted by Crippen LogP contribution is 2.30. The SMILES string of the molecule is CC1(C)C(=O)ON(Cc2ccc(C(C)(C)C)cc2)C1=O. The van der Waals surface area contributed by atoms with Gasteiger partial charge in [0.1, 0.15) is 5.41 Å². The van der Waals surface area contributed by atoms with Crippen LogP contribution in [0.1, 0.15) is 45.7 Å². The van der Waals surface area contributed by atoms with E-state index in [0.29, 0.717) is 6.54 Å². The highest BCUT2D eigenvalue weighted by molar-refractivity contribution is 6.05. The lowest BCUT2D eigenvalue weighted by Gasteiger charge is -2.20. The standard InChI is InChI=1S/C16H21NO3/c1-15(2,3)12-8-6-11(7-9-12)10-17-13(18)16(4,5)14(19)20-17/h6-9H,10H2,1-5H3. The predicted octanol–water partition coefficient (Wildman–Crippen LogP) is 2.81. The fourth-order valence-electron chi connectivity index (χ4n) is 2.03. The Morgan fingerprint density at radius 2 is 1.65 bits per heavy atom. The summed E-state index contributed by atoms with van der Waals surface area (Å²) in [5.74, 6) is -0.781. The van der Waals surface area contributed by atoms with Crippen LogP contribution in [0.15, 0.2) is 24.3 Å². The molecule has 0 bridgehead atoms. The molecule has 1 aliphatic heterocycles. The quantitative estimate of drug-likeness (QED) is 0.780. The van der Waals surface area contributed by atoms with Gasteiger partial charge in [0.15, 0.2) is 0 Å². The minimum atomic E-state index is -1.08. The molecule has 4 nitrogen and oxygen atoms in total. The summed E-state index contributed by atoms with van der Waals surface area (Å²) in [4.78, 5) is 28.7. The van der Waals surface area contributed by atoms with Crippen LogP contribution >= 0.6 is 0 Å². The van der Waals surface area contributed by atoms with Gasteiger partial charge in [0.05, 0.1) is 6.54 Å². The van der Waals surface area contributed by atoms with E-state index in [9.17, 15) is 9.59 Å². The van der Waals surface area contributed by atoms with Crippen molar-refractivity contribution in [2.24, 2.45) is 5.41 Å². The molecule has 1 amide bonds. The maximum atomic E-state index is 12.0. The van der Waals surface area contributed by atoms with Gasteiger partial charge in [0.2, 0.25) is 0 Å². The number of amides is 1. The lowest BCUT2D eigenvalue weighted by atomic mass is 9.87. The molecule has 0 N–H and O–H groups in total. The lowest BCUT2D eigenvalue weighted by molar-refractivity contribution is -0.180. The maximum Gasteiger partial charge on any atom is 0.347 e. The van der Waals surface area contributed by atoms with E-state index < -0.39 is 11.4 Å². The van der Waals surface area contributed by atoms with E-state index in [1.807, 2.05) is 24.3 Å². The first-order valence-electron chi connectivity index (χ1n) is 6.76. The number of rotatable bonds is 2. The molecule has 4 heteroatoms. The van der Waals surface area contributed by atoms with E-state index in [-0.39, 0.29) is 11.3 Å². The molecule has 1 aromatic rings. The third-order valence-corrected chi connectivity index (χ3v) is 3.61. The molecule has 2 rings (SSSR count). The maximum absolute atomic E-state index is 12.0. The van der Waals surface area contributed by atoms with Gasteiger partial charge >= 0.3 is 5.97 Å². The third-order valence-electron chi connectivity index (χ3n) is 3.61. The normalized spacial score (nSPS) is 18.4. The second kappa shape index (κ2) is 4.62. The zero-order valence-corrected chi connectivity index (χ0v) is 12.7. The van der Waals surface area contributed by atoms with Crippen LogP contribution in [0, 0.1) is 5.41 Å². The van der Waals surface area contributed by atoms with Gasteiger partial charge in [-0.3, -0.25) is 4.79 Å². The number of hydroxylamine groups is 2. The molecule has 0 unspecified atom stereocenters. The van der Waals surface area contributed by atoms with Gasteiger partial charge in [-0.25, -0.2) is 4.79 Å². The monoisotopic (exact) mass is 275 g/mol. The summed E-state index contributed by atoms with van der Waals surface area (Å²) in [7, 11) is 0. The van der Waals surface area contributed by atoms with Crippen molar-refractivity contribution in [3.63, 3.8) is 0 Å². The molecular formula is C16H21NO3. The van der Waals surface area contributed by atoms with E-state index in [0.717, 1.165) is 10.6 Å². The summed E-state index contributed by atoms with van der Waals surface area (Å²) in [6.45, 7) is 9.90. The van der Waals surface area contributed by atoms with Gasteiger partial charge in [0, 0.05) is 0 Å². The van der Waals surface area contributed by atoms with Gasteiger partial charge in [-0.15, -0.1) is 0 Å². The number of benzene rings is 1. The van der Waals surface area contributed by atoms with Crippen molar-refractivity contribution in [3.8, 4) is 0 Å². The topological polar surface area (TPSA) is 46.6 Å². The molecule has 0 aromatic heterocycles. The minimum Gasteiger partial charge on any atom is -0.337 e. The zero-order valence-electron chi connectivity index (χ0n) is 12.7. The van der Waals surface area contributed by atoms with Crippen molar-refractivity contribution in [3.05, 3.63) is 35.4 Å². The molecule has 0 aliphatic carbocycles. The fourth-order valence-corrected chi connectivity index (χ4v) is 2.03. The van der Waals surface area contributed by atoms with Crippen LogP contribution in [0.4, 0.5) is 0 Å².